The van der Waals surface area contributed by atoms with Gasteiger partial charge in [0.25, 0.3) is 5.91 Å². The smallest absolute Gasteiger partial charge is 0.328 e. The number of amides is 3. The van der Waals surface area contributed by atoms with E-state index in [-0.39, 0.29) is 18.5 Å². The summed E-state index contributed by atoms with van der Waals surface area (Å²) in [6.07, 6.45) is -0.432. The van der Waals surface area contributed by atoms with Crippen LogP contribution in [-0.2, 0) is 11.3 Å². The van der Waals surface area contributed by atoms with Crippen LogP contribution in [0.4, 0.5) is 4.79 Å². The summed E-state index contributed by atoms with van der Waals surface area (Å²) in [6, 6.07) is 7.15. The molecule has 2 aliphatic heterocycles. The van der Waals surface area contributed by atoms with E-state index >= 15 is 0 Å². The largest absolute Gasteiger partial charge is 0.339 e. The fourth-order valence-corrected chi connectivity index (χ4v) is 3.79. The van der Waals surface area contributed by atoms with E-state index in [1.165, 1.54) is 4.90 Å². The highest BCUT2D eigenvalue weighted by molar-refractivity contribution is 8.13. The lowest BCUT2D eigenvalue weighted by molar-refractivity contribution is -0.137. The van der Waals surface area contributed by atoms with E-state index in [2.05, 4.69) is 4.99 Å². The summed E-state index contributed by atoms with van der Waals surface area (Å²) < 4.78 is 0. The third-order valence-corrected chi connectivity index (χ3v) is 5.37. The topological polar surface area (TPSA) is 56.2 Å². The number of nitrogens with zero attached hydrogens (tertiary/aromatic N) is 4. The Bertz CT molecular complexity index is 688. The molecule has 128 valence electrons. The molecule has 6 nitrogen and oxygen atoms in total. The number of fused-ring (bicyclic) bond motifs is 1. The van der Waals surface area contributed by atoms with Crippen LogP contribution in [0.3, 0.4) is 0 Å². The average molecular weight is 346 g/mol. The zero-order chi connectivity index (χ0) is 17.4. The maximum atomic E-state index is 12.9. The van der Waals surface area contributed by atoms with Gasteiger partial charge in [0, 0.05) is 14.1 Å². The molecule has 24 heavy (non-hydrogen) atoms. The minimum atomic E-state index is -0.438. The summed E-state index contributed by atoms with van der Waals surface area (Å²) in [5, 5.41) is 0.817. The van der Waals surface area contributed by atoms with Crippen LogP contribution < -0.4 is 0 Å². The normalized spacial score (nSPS) is 23.7. The predicted octanol–water partition coefficient (Wildman–Crippen LogP) is 2.14. The fraction of sp³-hybridized carbons (Fsp3) is 0.471. The number of carbonyl (C=O) groups excluding carboxylic acids is 2. The second-order valence-electron chi connectivity index (χ2n) is 6.12. The van der Waals surface area contributed by atoms with Gasteiger partial charge in [0.05, 0.1) is 6.54 Å². The highest BCUT2D eigenvalue weighted by atomic mass is 32.2. The Morgan fingerprint density at radius 2 is 1.79 bits per heavy atom. The van der Waals surface area contributed by atoms with Crippen LogP contribution >= 0.6 is 11.8 Å². The Kier molecular flexibility index (Phi) is 4.54. The molecule has 0 aliphatic carbocycles. The lowest BCUT2D eigenvalue weighted by Crippen LogP contribution is -2.64. The van der Waals surface area contributed by atoms with Crippen molar-refractivity contribution in [3.63, 3.8) is 0 Å². The Balaban J connectivity index is 1.85. The van der Waals surface area contributed by atoms with Crippen molar-refractivity contribution in [3.05, 3.63) is 35.4 Å². The number of amidine groups is 1. The monoisotopic (exact) mass is 346 g/mol. The molecule has 2 heterocycles. The summed E-state index contributed by atoms with van der Waals surface area (Å²) >= 11 is 1.59. The van der Waals surface area contributed by atoms with Gasteiger partial charge in [-0.1, -0.05) is 48.5 Å². The van der Waals surface area contributed by atoms with Crippen LogP contribution in [-0.4, -0.2) is 63.9 Å². The number of thioether (sulfide) groups is 1. The number of aryl methyl sites for hydroxylation is 1. The molecule has 0 spiro atoms. The molecule has 3 rings (SSSR count). The van der Waals surface area contributed by atoms with Crippen molar-refractivity contribution in [3.8, 4) is 0 Å². The molecule has 1 aromatic carbocycles. The molecule has 0 saturated carbocycles. The molecule has 2 unspecified atom stereocenters. The molecule has 1 saturated heterocycles. The number of rotatable bonds is 3. The second-order valence-corrected chi connectivity index (χ2v) is 7.35. The number of benzene rings is 1. The first-order valence-electron chi connectivity index (χ1n) is 8.01. The Morgan fingerprint density at radius 3 is 2.42 bits per heavy atom. The zero-order valence-electron chi connectivity index (χ0n) is 14.4. The van der Waals surface area contributed by atoms with Crippen LogP contribution in [0.1, 0.15) is 18.1 Å². The summed E-state index contributed by atoms with van der Waals surface area (Å²) in [5.41, 5.74) is 2.09. The molecule has 7 heteroatoms. The molecule has 0 N–H and O–H groups in total. The average Bonchev–Trinajstić information content (AvgIpc) is 2.89. The van der Waals surface area contributed by atoms with Crippen molar-refractivity contribution in [2.24, 2.45) is 4.99 Å². The molecule has 2 atom stereocenters. The number of aliphatic imine (C=N–C) groups is 1. The van der Waals surface area contributed by atoms with E-state index in [9.17, 15) is 9.59 Å². The first kappa shape index (κ1) is 16.8. The van der Waals surface area contributed by atoms with E-state index in [0.29, 0.717) is 0 Å². The first-order valence-corrected chi connectivity index (χ1v) is 8.99. The Hall–Kier alpha value is -2.02. The van der Waals surface area contributed by atoms with Crippen molar-refractivity contribution in [1.29, 1.82) is 0 Å². The minimum absolute atomic E-state index is 0.179. The lowest BCUT2D eigenvalue weighted by atomic mass is 10.1. The molecular formula is C17H22N4O2S. The van der Waals surface area contributed by atoms with Gasteiger partial charge in [-0.25, -0.2) is 9.79 Å². The lowest BCUT2D eigenvalue weighted by Gasteiger charge is -2.40. The van der Waals surface area contributed by atoms with Crippen molar-refractivity contribution in [2.75, 3.05) is 19.8 Å². The van der Waals surface area contributed by atoms with Gasteiger partial charge in [-0.05, 0) is 18.2 Å². The van der Waals surface area contributed by atoms with Crippen molar-refractivity contribution in [2.45, 2.75) is 32.6 Å². The number of carbonyl (C=O) groups is 2. The molecule has 1 fully saturated rings. The van der Waals surface area contributed by atoms with E-state index < -0.39 is 12.2 Å². The highest BCUT2D eigenvalue weighted by Gasteiger charge is 2.50. The van der Waals surface area contributed by atoms with Gasteiger partial charge >= 0.3 is 6.03 Å². The van der Waals surface area contributed by atoms with Crippen LogP contribution in [0, 0.1) is 6.92 Å². The maximum absolute atomic E-state index is 12.9. The third kappa shape index (κ3) is 2.77. The van der Waals surface area contributed by atoms with Crippen molar-refractivity contribution in [1.82, 2.24) is 14.7 Å². The van der Waals surface area contributed by atoms with E-state index in [4.69, 9.17) is 0 Å². The molecule has 2 aliphatic rings. The van der Waals surface area contributed by atoms with Gasteiger partial charge in [0.15, 0.2) is 17.4 Å². The highest BCUT2D eigenvalue weighted by Crippen LogP contribution is 2.30. The summed E-state index contributed by atoms with van der Waals surface area (Å²) in [5.74, 6) is 0.697. The van der Waals surface area contributed by atoms with E-state index in [0.717, 1.165) is 22.0 Å². The van der Waals surface area contributed by atoms with E-state index in [1.807, 2.05) is 50.1 Å². The zero-order valence-corrected chi connectivity index (χ0v) is 15.2. The van der Waals surface area contributed by atoms with Crippen molar-refractivity contribution < 1.29 is 9.59 Å². The summed E-state index contributed by atoms with van der Waals surface area (Å²) in [4.78, 5) is 35.0. The van der Waals surface area contributed by atoms with Gasteiger partial charge in [0.2, 0.25) is 0 Å². The third-order valence-electron chi connectivity index (χ3n) is 4.43. The standard InChI is InChI=1S/C17H22N4O2S/c1-5-24-16-18-14-13(19(16)3)15(22)21(17(23)20(14)4)10-12-8-6-11(2)7-9-12/h6-9,13-14H,5,10H2,1-4H3. The SMILES string of the molecule is CCSC1=NC2C(C(=O)N(Cc3ccc(C)cc3)C(=O)N2C)N1C. The quantitative estimate of drug-likeness (QED) is 0.841. The molecule has 0 aromatic heterocycles. The number of urea groups is 1. The number of hydrogen-bond donors (Lipinski definition) is 0. The van der Waals surface area contributed by atoms with Crippen molar-refractivity contribution >= 4 is 28.9 Å². The molecule has 0 bridgehead atoms. The van der Waals surface area contributed by atoms with Crippen LogP contribution in [0.5, 0.6) is 0 Å². The van der Waals surface area contributed by atoms with Crippen LogP contribution in [0.25, 0.3) is 0 Å². The number of hydrogen-bond acceptors (Lipinski definition) is 5. The Morgan fingerprint density at radius 1 is 1.12 bits per heavy atom. The second kappa shape index (κ2) is 6.47. The fourth-order valence-electron chi connectivity index (χ4n) is 3.03. The van der Waals surface area contributed by atoms with Gasteiger partial charge in [-0.2, -0.15) is 0 Å². The molecule has 1 aromatic rings. The van der Waals surface area contributed by atoms with Crippen LogP contribution in [0.2, 0.25) is 0 Å². The predicted molar refractivity (Wildman–Crippen MR) is 95.8 cm³/mol. The van der Waals surface area contributed by atoms with Gasteiger partial charge in [0.1, 0.15) is 0 Å². The van der Waals surface area contributed by atoms with Gasteiger partial charge < -0.3 is 9.80 Å². The first-order chi connectivity index (χ1) is 11.4. The van der Waals surface area contributed by atoms with E-state index in [1.54, 1.807) is 23.7 Å². The van der Waals surface area contributed by atoms with Gasteiger partial charge in [-0.15, -0.1) is 0 Å². The van der Waals surface area contributed by atoms with Crippen LogP contribution in [0.15, 0.2) is 29.3 Å². The summed E-state index contributed by atoms with van der Waals surface area (Å²) in [7, 11) is 3.59. The molecule has 0 radical (unpaired) electrons. The maximum Gasteiger partial charge on any atom is 0.328 e. The molecule has 3 amide bonds. The van der Waals surface area contributed by atoms with Gasteiger partial charge in [-0.3, -0.25) is 9.69 Å². The number of imide groups is 1. The Labute approximate surface area is 146 Å². The minimum Gasteiger partial charge on any atom is -0.339 e. The molecular weight excluding hydrogens is 324 g/mol. The number of likely N-dealkylation sites (N-methyl/N-ethyl adjacent to an activating group) is 2. The summed E-state index contributed by atoms with van der Waals surface area (Å²) in [6.45, 7) is 4.34.